The molecule has 0 saturated heterocycles. The molecule has 0 aliphatic heterocycles. The minimum Gasteiger partial charge on any atom is -0.497 e. The zero-order chi connectivity index (χ0) is 18.6. The van der Waals surface area contributed by atoms with Crippen LogP contribution in [0.4, 0.5) is 10.8 Å². The number of hydrogen-bond donors (Lipinski definition) is 0. The Bertz CT molecular complexity index is 1100. The Hall–Kier alpha value is -3.43. The van der Waals surface area contributed by atoms with E-state index in [1.54, 1.807) is 30.8 Å². The third-order valence-electron chi connectivity index (χ3n) is 4.24. The third kappa shape index (κ3) is 3.46. The van der Waals surface area contributed by atoms with Crippen LogP contribution in [0.2, 0.25) is 0 Å². The first kappa shape index (κ1) is 17.0. The van der Waals surface area contributed by atoms with E-state index in [0.717, 1.165) is 32.3 Å². The Labute approximate surface area is 161 Å². The average Bonchev–Trinajstić information content (AvgIpc) is 3.16. The Balaban J connectivity index is 1.82. The molecule has 0 bridgehead atoms. The van der Waals surface area contributed by atoms with E-state index in [1.807, 2.05) is 54.6 Å². The fourth-order valence-corrected chi connectivity index (χ4v) is 3.82. The summed E-state index contributed by atoms with van der Waals surface area (Å²) in [5.41, 5.74) is 3.42. The molecular formula is C21H16N4OS. The zero-order valence-electron chi connectivity index (χ0n) is 14.7. The second-order valence-electron chi connectivity index (χ2n) is 5.90. The Kier molecular flexibility index (Phi) is 4.69. The number of anilines is 2. The molecule has 0 spiro atoms. The van der Waals surface area contributed by atoms with Gasteiger partial charge < -0.3 is 9.64 Å². The number of ether oxygens (including phenoxy) is 1. The number of nitrogens with zero attached hydrogens (tertiary/aromatic N) is 4. The lowest BCUT2D eigenvalue weighted by atomic mass is 10.1. The fraction of sp³-hybridized carbons (Fsp3) is 0.0952. The van der Waals surface area contributed by atoms with Crippen molar-refractivity contribution in [3.8, 4) is 11.8 Å². The van der Waals surface area contributed by atoms with Crippen LogP contribution in [0.1, 0.15) is 11.1 Å². The van der Waals surface area contributed by atoms with E-state index in [-0.39, 0.29) is 0 Å². The van der Waals surface area contributed by atoms with E-state index in [0.29, 0.717) is 12.1 Å². The summed E-state index contributed by atoms with van der Waals surface area (Å²) in [6, 6.07) is 19.7. The van der Waals surface area contributed by atoms with Gasteiger partial charge in [0.2, 0.25) is 0 Å². The first-order valence-electron chi connectivity index (χ1n) is 8.38. The Morgan fingerprint density at radius 2 is 2.04 bits per heavy atom. The van der Waals surface area contributed by atoms with Crippen molar-refractivity contribution in [1.82, 2.24) is 9.97 Å². The molecule has 0 atom stereocenters. The highest BCUT2D eigenvalue weighted by Crippen LogP contribution is 2.35. The predicted molar refractivity (Wildman–Crippen MR) is 107 cm³/mol. The molecule has 0 aliphatic rings. The van der Waals surface area contributed by atoms with E-state index < -0.39 is 0 Å². The van der Waals surface area contributed by atoms with Crippen LogP contribution < -0.4 is 9.64 Å². The lowest BCUT2D eigenvalue weighted by Crippen LogP contribution is -2.17. The molecule has 2 heterocycles. The lowest BCUT2D eigenvalue weighted by Gasteiger charge is -2.23. The number of aromatic nitrogens is 2. The second-order valence-corrected chi connectivity index (χ2v) is 6.91. The van der Waals surface area contributed by atoms with Crippen LogP contribution in [0.25, 0.3) is 10.2 Å². The van der Waals surface area contributed by atoms with Gasteiger partial charge in [-0.25, -0.2) is 4.98 Å². The maximum absolute atomic E-state index is 9.46. The molecular weight excluding hydrogens is 356 g/mol. The monoisotopic (exact) mass is 372 g/mol. The van der Waals surface area contributed by atoms with E-state index >= 15 is 0 Å². The number of nitriles is 1. The van der Waals surface area contributed by atoms with Crippen molar-refractivity contribution in [1.29, 1.82) is 5.26 Å². The van der Waals surface area contributed by atoms with Gasteiger partial charge in [-0.15, -0.1) is 0 Å². The van der Waals surface area contributed by atoms with E-state index in [1.165, 1.54) is 0 Å². The molecule has 27 heavy (non-hydrogen) atoms. The van der Waals surface area contributed by atoms with Crippen LogP contribution in [-0.2, 0) is 6.54 Å². The number of benzene rings is 2. The van der Waals surface area contributed by atoms with Crippen LogP contribution in [0, 0.1) is 11.3 Å². The van der Waals surface area contributed by atoms with Gasteiger partial charge in [-0.05, 0) is 29.8 Å². The molecule has 5 nitrogen and oxygen atoms in total. The second kappa shape index (κ2) is 7.44. The quantitative estimate of drug-likeness (QED) is 0.498. The molecule has 6 heteroatoms. The van der Waals surface area contributed by atoms with Crippen LogP contribution in [0.15, 0.2) is 67.0 Å². The number of methoxy groups -OCH3 is 1. The minimum atomic E-state index is 0.532. The maximum atomic E-state index is 9.46. The number of rotatable bonds is 5. The van der Waals surface area contributed by atoms with Crippen molar-refractivity contribution in [3.05, 3.63) is 78.1 Å². The van der Waals surface area contributed by atoms with Gasteiger partial charge in [0.15, 0.2) is 5.13 Å². The summed E-state index contributed by atoms with van der Waals surface area (Å²) < 4.78 is 6.46. The van der Waals surface area contributed by atoms with Crippen LogP contribution in [-0.4, -0.2) is 17.1 Å². The van der Waals surface area contributed by atoms with Gasteiger partial charge in [0.1, 0.15) is 11.3 Å². The molecule has 2 aromatic heterocycles. The molecule has 2 aromatic carbocycles. The predicted octanol–water partition coefficient (Wildman–Crippen LogP) is 4.91. The van der Waals surface area contributed by atoms with Crippen LogP contribution in [0.3, 0.4) is 0 Å². The fourth-order valence-electron chi connectivity index (χ4n) is 2.87. The summed E-state index contributed by atoms with van der Waals surface area (Å²) in [6.45, 7) is 0.532. The molecule has 0 amide bonds. The number of thiazole rings is 1. The SMILES string of the molecule is COc1cccc(N(Cc2ccccc2C#N)c2nc3cnccc3s2)c1. The number of pyridine rings is 1. The highest BCUT2D eigenvalue weighted by atomic mass is 32.1. The highest BCUT2D eigenvalue weighted by Gasteiger charge is 2.17. The molecule has 0 unspecified atom stereocenters. The molecule has 0 aliphatic carbocycles. The van der Waals surface area contributed by atoms with Gasteiger partial charge in [0, 0.05) is 18.0 Å². The van der Waals surface area contributed by atoms with Gasteiger partial charge in [0.05, 0.1) is 36.2 Å². The van der Waals surface area contributed by atoms with E-state index in [2.05, 4.69) is 16.0 Å². The first-order valence-corrected chi connectivity index (χ1v) is 9.20. The minimum absolute atomic E-state index is 0.532. The largest absolute Gasteiger partial charge is 0.497 e. The lowest BCUT2D eigenvalue weighted by molar-refractivity contribution is 0.415. The summed E-state index contributed by atoms with van der Waals surface area (Å²) in [5, 5.41) is 10.3. The summed E-state index contributed by atoms with van der Waals surface area (Å²) in [4.78, 5) is 11.0. The van der Waals surface area contributed by atoms with E-state index in [9.17, 15) is 5.26 Å². The molecule has 4 aromatic rings. The average molecular weight is 372 g/mol. The molecule has 132 valence electrons. The smallest absolute Gasteiger partial charge is 0.191 e. The number of hydrogen-bond acceptors (Lipinski definition) is 6. The zero-order valence-corrected chi connectivity index (χ0v) is 15.5. The van der Waals surface area contributed by atoms with Crippen molar-refractivity contribution < 1.29 is 4.74 Å². The summed E-state index contributed by atoms with van der Waals surface area (Å²) in [7, 11) is 1.65. The molecule has 0 fully saturated rings. The molecule has 0 radical (unpaired) electrons. The third-order valence-corrected chi connectivity index (χ3v) is 5.30. The summed E-state index contributed by atoms with van der Waals surface area (Å²) >= 11 is 1.60. The standard InChI is InChI=1S/C21H16N4OS/c1-26-18-8-4-7-17(11-18)25(14-16-6-3-2-5-15(16)12-22)21-24-19-13-23-10-9-20(19)27-21/h2-11,13H,14H2,1H3. The van der Waals surface area contributed by atoms with Crippen molar-refractivity contribution in [3.63, 3.8) is 0 Å². The van der Waals surface area contributed by atoms with Crippen molar-refractivity contribution in [2.45, 2.75) is 6.54 Å². The Morgan fingerprint density at radius 1 is 1.15 bits per heavy atom. The van der Waals surface area contributed by atoms with Gasteiger partial charge >= 0.3 is 0 Å². The Morgan fingerprint density at radius 3 is 2.85 bits per heavy atom. The van der Waals surface area contributed by atoms with E-state index in [4.69, 9.17) is 9.72 Å². The van der Waals surface area contributed by atoms with Crippen LogP contribution >= 0.6 is 11.3 Å². The summed E-state index contributed by atoms with van der Waals surface area (Å²) in [5.74, 6) is 0.772. The first-order chi connectivity index (χ1) is 13.3. The highest BCUT2D eigenvalue weighted by molar-refractivity contribution is 7.22. The molecule has 0 N–H and O–H groups in total. The molecule has 4 rings (SSSR count). The normalized spacial score (nSPS) is 10.5. The van der Waals surface area contributed by atoms with Gasteiger partial charge in [-0.1, -0.05) is 35.6 Å². The van der Waals surface area contributed by atoms with Gasteiger partial charge in [0.25, 0.3) is 0 Å². The van der Waals surface area contributed by atoms with Crippen molar-refractivity contribution >= 4 is 32.4 Å². The summed E-state index contributed by atoms with van der Waals surface area (Å²) in [6.07, 6.45) is 3.54. The van der Waals surface area contributed by atoms with Gasteiger partial charge in [-0.3, -0.25) is 4.98 Å². The topological polar surface area (TPSA) is 62.0 Å². The van der Waals surface area contributed by atoms with Crippen molar-refractivity contribution in [2.24, 2.45) is 0 Å². The van der Waals surface area contributed by atoms with Crippen molar-refractivity contribution in [2.75, 3.05) is 12.0 Å². The number of fused-ring (bicyclic) bond motifs is 1. The van der Waals surface area contributed by atoms with Gasteiger partial charge in [-0.2, -0.15) is 5.26 Å². The van der Waals surface area contributed by atoms with Crippen LogP contribution in [0.5, 0.6) is 5.75 Å². The maximum Gasteiger partial charge on any atom is 0.191 e. The molecule has 0 saturated carbocycles.